The lowest BCUT2D eigenvalue weighted by Gasteiger charge is -2.11. The summed E-state index contributed by atoms with van der Waals surface area (Å²) in [7, 11) is 1.48. The number of epoxide rings is 1. The van der Waals surface area contributed by atoms with Gasteiger partial charge in [-0.05, 0) is 19.1 Å². The summed E-state index contributed by atoms with van der Waals surface area (Å²) in [6.07, 6.45) is -0.467. The van der Waals surface area contributed by atoms with Crippen molar-refractivity contribution in [1.29, 1.82) is 0 Å². The number of methoxy groups -OCH3 is 1. The summed E-state index contributed by atoms with van der Waals surface area (Å²) in [5.41, 5.74) is 5.55. The summed E-state index contributed by atoms with van der Waals surface area (Å²) in [4.78, 5) is 22.5. The van der Waals surface area contributed by atoms with Crippen molar-refractivity contribution in [3.05, 3.63) is 18.2 Å². The normalized spacial score (nSPS) is 20.1. The van der Waals surface area contributed by atoms with Crippen LogP contribution in [0.1, 0.15) is 6.92 Å². The zero-order valence-corrected chi connectivity index (χ0v) is 11.2. The Labute approximate surface area is 116 Å². The molecule has 0 unspecified atom stereocenters. The van der Waals surface area contributed by atoms with Crippen molar-refractivity contribution < 1.29 is 23.8 Å². The molecule has 1 heterocycles. The number of hydrogen-bond acceptors (Lipinski definition) is 5. The predicted molar refractivity (Wildman–Crippen MR) is 70.6 cm³/mol. The van der Waals surface area contributed by atoms with Gasteiger partial charge in [0.2, 0.25) is 0 Å². The van der Waals surface area contributed by atoms with Crippen LogP contribution in [-0.4, -0.2) is 37.7 Å². The molecule has 2 amide bonds. The van der Waals surface area contributed by atoms with E-state index < -0.39 is 12.0 Å². The SMILES string of the molecule is COc1ccc(NC(=O)[C@@H]2O[C@H]2C)cc1OCC(N)=O. The monoisotopic (exact) mass is 280 g/mol. The number of anilines is 1. The van der Waals surface area contributed by atoms with Crippen LogP contribution in [0.25, 0.3) is 0 Å². The highest BCUT2D eigenvalue weighted by molar-refractivity contribution is 5.96. The number of benzene rings is 1. The van der Waals surface area contributed by atoms with E-state index in [1.807, 2.05) is 6.92 Å². The largest absolute Gasteiger partial charge is 0.493 e. The van der Waals surface area contributed by atoms with Crippen molar-refractivity contribution >= 4 is 17.5 Å². The molecule has 20 heavy (non-hydrogen) atoms. The van der Waals surface area contributed by atoms with Gasteiger partial charge >= 0.3 is 0 Å². The van der Waals surface area contributed by atoms with E-state index in [9.17, 15) is 9.59 Å². The standard InChI is InChI=1S/C13H16N2O5/c1-7-12(20-7)13(17)15-8-3-4-9(18-2)10(5-8)19-6-11(14)16/h3-5,7,12H,6H2,1-2H3,(H2,14,16)(H,15,17)/t7-,12+/m0/s1. The summed E-state index contributed by atoms with van der Waals surface area (Å²) in [6.45, 7) is 1.55. The van der Waals surface area contributed by atoms with E-state index >= 15 is 0 Å². The molecule has 1 fully saturated rings. The van der Waals surface area contributed by atoms with E-state index in [1.165, 1.54) is 7.11 Å². The Morgan fingerprint density at radius 3 is 2.65 bits per heavy atom. The molecule has 2 rings (SSSR count). The highest BCUT2D eigenvalue weighted by Gasteiger charge is 2.41. The maximum Gasteiger partial charge on any atom is 0.256 e. The number of carbonyl (C=O) groups excluding carboxylic acids is 2. The third kappa shape index (κ3) is 3.39. The topological polar surface area (TPSA) is 103 Å². The highest BCUT2D eigenvalue weighted by atomic mass is 16.6. The van der Waals surface area contributed by atoms with Gasteiger partial charge in [0, 0.05) is 11.8 Å². The Kier molecular flexibility index (Phi) is 4.09. The molecule has 0 spiro atoms. The van der Waals surface area contributed by atoms with Gasteiger partial charge in [0.25, 0.3) is 11.8 Å². The number of rotatable bonds is 6. The van der Waals surface area contributed by atoms with Crippen molar-refractivity contribution in [3.8, 4) is 11.5 Å². The quantitative estimate of drug-likeness (QED) is 0.729. The van der Waals surface area contributed by atoms with Crippen molar-refractivity contribution in [1.82, 2.24) is 0 Å². The van der Waals surface area contributed by atoms with Gasteiger partial charge in [0.05, 0.1) is 13.2 Å². The molecule has 1 saturated heterocycles. The molecule has 1 aromatic rings. The van der Waals surface area contributed by atoms with Crippen LogP contribution in [0.15, 0.2) is 18.2 Å². The summed E-state index contributed by atoms with van der Waals surface area (Å²) < 4.78 is 15.4. The molecule has 0 radical (unpaired) electrons. The molecular formula is C13H16N2O5. The third-order valence-corrected chi connectivity index (χ3v) is 2.77. The first-order valence-corrected chi connectivity index (χ1v) is 6.06. The van der Waals surface area contributed by atoms with Crippen LogP contribution >= 0.6 is 0 Å². The fourth-order valence-electron chi connectivity index (χ4n) is 1.69. The lowest BCUT2D eigenvalue weighted by Crippen LogP contribution is -2.21. The Bertz CT molecular complexity index is 531. The van der Waals surface area contributed by atoms with E-state index in [-0.39, 0.29) is 18.6 Å². The second-order valence-electron chi connectivity index (χ2n) is 4.37. The first-order valence-electron chi connectivity index (χ1n) is 6.06. The van der Waals surface area contributed by atoms with Gasteiger partial charge < -0.3 is 25.3 Å². The second kappa shape index (κ2) is 5.79. The highest BCUT2D eigenvalue weighted by Crippen LogP contribution is 2.31. The van der Waals surface area contributed by atoms with Crippen molar-refractivity contribution in [2.75, 3.05) is 19.0 Å². The predicted octanol–water partition coefficient (Wildman–Crippen LogP) is 0.285. The van der Waals surface area contributed by atoms with E-state index in [1.54, 1.807) is 18.2 Å². The smallest absolute Gasteiger partial charge is 0.256 e. The molecule has 108 valence electrons. The Morgan fingerprint density at radius 1 is 1.40 bits per heavy atom. The molecular weight excluding hydrogens is 264 g/mol. The minimum atomic E-state index is -0.596. The molecule has 1 aliphatic rings. The molecule has 2 atom stereocenters. The lowest BCUT2D eigenvalue weighted by molar-refractivity contribution is -0.120. The Balaban J connectivity index is 2.07. The summed E-state index contributed by atoms with van der Waals surface area (Å²) in [6, 6.07) is 4.86. The molecule has 0 aliphatic carbocycles. The van der Waals surface area contributed by atoms with Crippen LogP contribution in [0.5, 0.6) is 11.5 Å². The average molecular weight is 280 g/mol. The number of amides is 2. The first-order chi connectivity index (χ1) is 9.51. The molecule has 0 aromatic heterocycles. The van der Waals surface area contributed by atoms with Crippen LogP contribution in [0.2, 0.25) is 0 Å². The summed E-state index contributed by atoms with van der Waals surface area (Å²) in [5.74, 6) is -0.0423. The van der Waals surface area contributed by atoms with Crippen molar-refractivity contribution in [3.63, 3.8) is 0 Å². The van der Waals surface area contributed by atoms with Gasteiger partial charge in [-0.15, -0.1) is 0 Å². The summed E-state index contributed by atoms with van der Waals surface area (Å²) in [5, 5.41) is 2.70. The van der Waals surface area contributed by atoms with E-state index in [4.69, 9.17) is 19.9 Å². The fourth-order valence-corrected chi connectivity index (χ4v) is 1.69. The second-order valence-corrected chi connectivity index (χ2v) is 4.37. The van der Waals surface area contributed by atoms with Gasteiger partial charge in [0.15, 0.2) is 24.2 Å². The molecule has 0 bridgehead atoms. The molecule has 7 heteroatoms. The van der Waals surface area contributed by atoms with Crippen LogP contribution < -0.4 is 20.5 Å². The number of nitrogens with one attached hydrogen (secondary N) is 1. The number of hydrogen-bond donors (Lipinski definition) is 2. The maximum absolute atomic E-state index is 11.7. The minimum Gasteiger partial charge on any atom is -0.493 e. The maximum atomic E-state index is 11.7. The van der Waals surface area contributed by atoms with Crippen LogP contribution in [0.4, 0.5) is 5.69 Å². The summed E-state index contributed by atoms with van der Waals surface area (Å²) >= 11 is 0. The van der Waals surface area contributed by atoms with Gasteiger partial charge in [-0.2, -0.15) is 0 Å². The fraction of sp³-hybridized carbons (Fsp3) is 0.385. The Hall–Kier alpha value is -2.28. The molecule has 1 aromatic carbocycles. The van der Waals surface area contributed by atoms with Crippen LogP contribution in [0.3, 0.4) is 0 Å². The molecule has 0 saturated carbocycles. The molecule has 3 N–H and O–H groups in total. The zero-order valence-electron chi connectivity index (χ0n) is 11.2. The average Bonchev–Trinajstić information content (AvgIpc) is 3.14. The number of nitrogens with two attached hydrogens (primary N) is 1. The lowest BCUT2D eigenvalue weighted by atomic mass is 10.2. The molecule has 7 nitrogen and oxygen atoms in total. The van der Waals surface area contributed by atoms with Gasteiger partial charge in [-0.1, -0.05) is 0 Å². The van der Waals surface area contributed by atoms with Gasteiger partial charge in [-0.3, -0.25) is 9.59 Å². The number of primary amides is 1. The van der Waals surface area contributed by atoms with Crippen LogP contribution in [0, 0.1) is 0 Å². The number of ether oxygens (including phenoxy) is 3. The zero-order chi connectivity index (χ0) is 14.7. The molecule has 1 aliphatic heterocycles. The van der Waals surface area contributed by atoms with Crippen LogP contribution in [-0.2, 0) is 14.3 Å². The minimum absolute atomic E-state index is 0.0566. The third-order valence-electron chi connectivity index (χ3n) is 2.77. The van der Waals surface area contributed by atoms with Crippen molar-refractivity contribution in [2.24, 2.45) is 5.73 Å². The van der Waals surface area contributed by atoms with E-state index in [2.05, 4.69) is 5.32 Å². The Morgan fingerprint density at radius 2 is 2.10 bits per heavy atom. The van der Waals surface area contributed by atoms with Crippen molar-refractivity contribution in [2.45, 2.75) is 19.1 Å². The van der Waals surface area contributed by atoms with E-state index in [0.29, 0.717) is 17.2 Å². The van der Waals surface area contributed by atoms with E-state index in [0.717, 1.165) is 0 Å². The van der Waals surface area contributed by atoms with Gasteiger partial charge in [0.1, 0.15) is 0 Å². The number of carbonyl (C=O) groups is 2. The van der Waals surface area contributed by atoms with Gasteiger partial charge in [-0.25, -0.2) is 0 Å². The first kappa shape index (κ1) is 14.1.